The van der Waals surface area contributed by atoms with Crippen molar-refractivity contribution in [3.05, 3.63) is 33.8 Å². The van der Waals surface area contributed by atoms with Crippen LogP contribution in [0.1, 0.15) is 25.5 Å². The molecule has 0 bridgehead atoms. The van der Waals surface area contributed by atoms with E-state index in [0.717, 1.165) is 17.1 Å². The van der Waals surface area contributed by atoms with Gasteiger partial charge < -0.3 is 5.32 Å². The van der Waals surface area contributed by atoms with Gasteiger partial charge in [-0.1, -0.05) is 36.2 Å². The average Bonchev–Trinajstić information content (AvgIpc) is 2.25. The molecule has 1 aromatic rings. The largest absolute Gasteiger partial charge is 0.309 e. The molecule has 1 N–H and O–H groups in total. The summed E-state index contributed by atoms with van der Waals surface area (Å²) in [4.78, 5) is 0. The molecule has 0 saturated heterocycles. The molecule has 0 radical (unpaired) electrons. The predicted molar refractivity (Wildman–Crippen MR) is 75.9 cm³/mol. The van der Waals surface area contributed by atoms with Crippen molar-refractivity contribution in [3.63, 3.8) is 0 Å². The third-order valence-electron chi connectivity index (χ3n) is 2.54. The molecule has 0 aromatic heterocycles. The van der Waals surface area contributed by atoms with Gasteiger partial charge in [-0.15, -0.1) is 0 Å². The molecule has 2 atom stereocenters. The molecule has 1 nitrogen and oxygen atoms in total. The molecule has 1 rings (SSSR count). The van der Waals surface area contributed by atoms with Crippen molar-refractivity contribution in [1.29, 1.82) is 0 Å². The Morgan fingerprint density at radius 3 is 2.56 bits per heavy atom. The Balaban J connectivity index is 2.62. The van der Waals surface area contributed by atoms with Crippen molar-refractivity contribution in [1.82, 2.24) is 5.32 Å². The maximum atomic E-state index is 6.14. The van der Waals surface area contributed by atoms with Crippen molar-refractivity contribution in [2.45, 2.75) is 25.1 Å². The zero-order valence-electron chi connectivity index (χ0n) is 9.76. The van der Waals surface area contributed by atoms with Crippen LogP contribution in [0.25, 0.3) is 0 Å². The fraction of sp³-hybridized carbons (Fsp3) is 0.500. The average molecular weight is 278 g/mol. The number of benzene rings is 1. The molecule has 0 aliphatic rings. The third kappa shape index (κ3) is 4.17. The van der Waals surface area contributed by atoms with E-state index in [1.807, 2.05) is 23.9 Å². The minimum absolute atomic E-state index is 0.249. The van der Waals surface area contributed by atoms with Gasteiger partial charge in [-0.25, -0.2) is 0 Å². The summed E-state index contributed by atoms with van der Waals surface area (Å²) in [6.07, 6.45) is 2.12. The quantitative estimate of drug-likeness (QED) is 0.857. The lowest BCUT2D eigenvalue weighted by atomic mass is 10.1. The summed E-state index contributed by atoms with van der Waals surface area (Å²) in [5.41, 5.74) is 1.10. The van der Waals surface area contributed by atoms with Crippen molar-refractivity contribution in [2.24, 2.45) is 0 Å². The van der Waals surface area contributed by atoms with Crippen LogP contribution in [-0.4, -0.2) is 18.1 Å². The van der Waals surface area contributed by atoms with Gasteiger partial charge in [-0.05, 0) is 30.9 Å². The first kappa shape index (κ1) is 14.2. The zero-order valence-corrected chi connectivity index (χ0v) is 12.1. The molecule has 2 unspecified atom stereocenters. The van der Waals surface area contributed by atoms with Gasteiger partial charge in [0.25, 0.3) is 0 Å². The third-order valence-corrected chi connectivity index (χ3v) is 4.08. The van der Waals surface area contributed by atoms with E-state index in [2.05, 4.69) is 25.4 Å². The van der Waals surface area contributed by atoms with Crippen LogP contribution in [0, 0.1) is 0 Å². The van der Waals surface area contributed by atoms with Crippen LogP contribution in [0.4, 0.5) is 0 Å². The smallest absolute Gasteiger partial charge is 0.0468 e. The van der Waals surface area contributed by atoms with E-state index in [1.54, 1.807) is 6.07 Å². The number of halogens is 2. The summed E-state index contributed by atoms with van der Waals surface area (Å²) in [6.45, 7) is 5.29. The first-order valence-corrected chi connectivity index (χ1v) is 7.30. The Morgan fingerprint density at radius 1 is 1.31 bits per heavy atom. The second-order valence-electron chi connectivity index (χ2n) is 3.84. The maximum Gasteiger partial charge on any atom is 0.0468 e. The number of rotatable bonds is 5. The van der Waals surface area contributed by atoms with Crippen LogP contribution in [-0.2, 0) is 0 Å². The summed E-state index contributed by atoms with van der Waals surface area (Å²) in [6, 6.07) is 5.89. The standard InChI is InChI=1S/C12H17Cl2NS/c1-8(16-3)7-15-9(2)11-5-4-10(13)6-12(11)14/h4-6,8-9,15H,7H2,1-3H3. The highest BCUT2D eigenvalue weighted by atomic mass is 35.5. The number of thioether (sulfide) groups is 1. The number of nitrogens with one attached hydrogen (secondary N) is 1. The summed E-state index contributed by atoms with van der Waals surface area (Å²) in [7, 11) is 0. The summed E-state index contributed by atoms with van der Waals surface area (Å²) >= 11 is 13.9. The van der Waals surface area contributed by atoms with E-state index in [0.29, 0.717) is 10.3 Å². The van der Waals surface area contributed by atoms with Crippen LogP contribution in [0.2, 0.25) is 10.0 Å². The van der Waals surface area contributed by atoms with Crippen molar-refractivity contribution in [2.75, 3.05) is 12.8 Å². The van der Waals surface area contributed by atoms with Gasteiger partial charge in [0.1, 0.15) is 0 Å². The lowest BCUT2D eigenvalue weighted by Gasteiger charge is -2.18. The summed E-state index contributed by atoms with van der Waals surface area (Å²) in [5, 5.41) is 5.47. The lowest BCUT2D eigenvalue weighted by Crippen LogP contribution is -2.25. The Bertz CT molecular complexity index is 344. The molecular formula is C12H17Cl2NS. The molecule has 1 aromatic carbocycles. The van der Waals surface area contributed by atoms with Gasteiger partial charge >= 0.3 is 0 Å². The lowest BCUT2D eigenvalue weighted by molar-refractivity contribution is 0.576. The monoisotopic (exact) mass is 277 g/mol. The van der Waals surface area contributed by atoms with Crippen LogP contribution in [0.5, 0.6) is 0 Å². The van der Waals surface area contributed by atoms with E-state index < -0.39 is 0 Å². The van der Waals surface area contributed by atoms with Crippen LogP contribution in [0.3, 0.4) is 0 Å². The second kappa shape index (κ2) is 6.75. The van der Waals surface area contributed by atoms with E-state index >= 15 is 0 Å². The van der Waals surface area contributed by atoms with Gasteiger partial charge in [0.15, 0.2) is 0 Å². The van der Waals surface area contributed by atoms with Crippen molar-refractivity contribution in [3.8, 4) is 0 Å². The van der Waals surface area contributed by atoms with Gasteiger partial charge in [0.2, 0.25) is 0 Å². The van der Waals surface area contributed by atoms with E-state index in [1.165, 1.54) is 0 Å². The molecule has 0 aliphatic heterocycles. The SMILES string of the molecule is CSC(C)CNC(C)c1ccc(Cl)cc1Cl. The molecule has 90 valence electrons. The molecular weight excluding hydrogens is 261 g/mol. The highest BCUT2D eigenvalue weighted by Crippen LogP contribution is 2.26. The van der Waals surface area contributed by atoms with Crippen molar-refractivity contribution >= 4 is 35.0 Å². The maximum absolute atomic E-state index is 6.14. The fourth-order valence-electron chi connectivity index (χ4n) is 1.39. The van der Waals surface area contributed by atoms with Gasteiger partial charge in [-0.3, -0.25) is 0 Å². The summed E-state index contributed by atoms with van der Waals surface area (Å²) < 4.78 is 0. The Kier molecular flexibility index (Phi) is 5.98. The molecule has 0 saturated carbocycles. The van der Waals surface area contributed by atoms with Gasteiger partial charge in [0, 0.05) is 27.9 Å². The van der Waals surface area contributed by atoms with E-state index in [4.69, 9.17) is 23.2 Å². The molecule has 0 aliphatic carbocycles. The van der Waals surface area contributed by atoms with Gasteiger partial charge in [-0.2, -0.15) is 11.8 Å². The van der Waals surface area contributed by atoms with Crippen LogP contribution < -0.4 is 5.32 Å². The molecule has 0 amide bonds. The van der Waals surface area contributed by atoms with Crippen LogP contribution in [0.15, 0.2) is 18.2 Å². The first-order valence-electron chi connectivity index (χ1n) is 5.25. The fourth-order valence-corrected chi connectivity index (χ4v) is 2.22. The van der Waals surface area contributed by atoms with E-state index in [9.17, 15) is 0 Å². The molecule has 0 fully saturated rings. The Morgan fingerprint density at radius 2 is 2.00 bits per heavy atom. The van der Waals surface area contributed by atoms with Crippen molar-refractivity contribution < 1.29 is 0 Å². The number of hydrogen-bond donors (Lipinski definition) is 1. The molecule has 4 heteroatoms. The second-order valence-corrected chi connectivity index (χ2v) is 5.96. The Hall–Kier alpha value is 0.110. The molecule has 0 heterocycles. The topological polar surface area (TPSA) is 12.0 Å². The number of hydrogen-bond acceptors (Lipinski definition) is 2. The minimum atomic E-state index is 0.249. The minimum Gasteiger partial charge on any atom is -0.309 e. The van der Waals surface area contributed by atoms with Gasteiger partial charge in [0.05, 0.1) is 0 Å². The predicted octanol–water partition coefficient (Wildman–Crippen LogP) is 4.40. The van der Waals surface area contributed by atoms with E-state index in [-0.39, 0.29) is 6.04 Å². The molecule has 16 heavy (non-hydrogen) atoms. The first-order chi connectivity index (χ1) is 7.54. The summed E-state index contributed by atoms with van der Waals surface area (Å²) in [5.74, 6) is 0. The Labute approximate surface area is 112 Å². The highest BCUT2D eigenvalue weighted by molar-refractivity contribution is 7.99. The normalized spacial score (nSPS) is 14.8. The van der Waals surface area contributed by atoms with Crippen LogP contribution >= 0.6 is 35.0 Å². The highest BCUT2D eigenvalue weighted by Gasteiger charge is 2.10. The zero-order chi connectivity index (χ0) is 12.1. The molecule has 0 spiro atoms.